The van der Waals surface area contributed by atoms with Crippen LogP contribution in [0.5, 0.6) is 0 Å². The van der Waals surface area contributed by atoms with Crippen LogP contribution in [-0.4, -0.2) is 16.1 Å². The number of rotatable bonds is 2. The van der Waals surface area contributed by atoms with Gasteiger partial charge in [0.15, 0.2) is 0 Å². The summed E-state index contributed by atoms with van der Waals surface area (Å²) in [6, 6.07) is 4.23. The van der Waals surface area contributed by atoms with Gasteiger partial charge >= 0.3 is 6.18 Å². The normalized spacial score (nSPS) is 11.4. The highest BCUT2D eigenvalue weighted by molar-refractivity contribution is 9.10. The van der Waals surface area contributed by atoms with E-state index in [0.717, 1.165) is 12.1 Å². The number of carbonyl (C=O) groups is 1. The molecule has 0 aliphatic rings. The van der Waals surface area contributed by atoms with Crippen molar-refractivity contribution in [3.05, 3.63) is 40.0 Å². The zero-order chi connectivity index (χ0) is 14.9. The van der Waals surface area contributed by atoms with Gasteiger partial charge < -0.3 is 11.1 Å². The largest absolute Gasteiger partial charge is 0.416 e. The standard InChI is InChI=1S/C11H8BrF3N4O/c12-6-2-1-5(11(13,14)15)3-7(6)17-10(20)8-4-9(16)19-18-8/h1-4H,(H,17,20)(H3,16,18,19). The average Bonchev–Trinajstić information content (AvgIpc) is 2.77. The van der Waals surface area contributed by atoms with Gasteiger partial charge in [-0.25, -0.2) is 0 Å². The molecule has 2 aromatic rings. The van der Waals surface area contributed by atoms with E-state index in [4.69, 9.17) is 5.73 Å². The van der Waals surface area contributed by atoms with Crippen molar-refractivity contribution < 1.29 is 18.0 Å². The molecule has 4 N–H and O–H groups in total. The number of halogens is 4. The molecule has 0 radical (unpaired) electrons. The minimum Gasteiger partial charge on any atom is -0.382 e. The zero-order valence-electron chi connectivity index (χ0n) is 9.75. The second kappa shape index (κ2) is 5.16. The number of carbonyl (C=O) groups excluding carboxylic acids is 1. The number of benzene rings is 1. The molecule has 5 nitrogen and oxygen atoms in total. The molecule has 0 spiro atoms. The highest BCUT2D eigenvalue weighted by Crippen LogP contribution is 2.34. The highest BCUT2D eigenvalue weighted by atomic mass is 79.9. The number of nitrogen functional groups attached to an aromatic ring is 1. The van der Waals surface area contributed by atoms with Crippen molar-refractivity contribution in [2.75, 3.05) is 11.1 Å². The van der Waals surface area contributed by atoms with Crippen LogP contribution >= 0.6 is 15.9 Å². The maximum Gasteiger partial charge on any atom is 0.416 e. The van der Waals surface area contributed by atoms with Crippen LogP contribution in [0, 0.1) is 0 Å². The number of nitrogens with one attached hydrogen (secondary N) is 2. The number of amides is 1. The monoisotopic (exact) mass is 348 g/mol. The predicted molar refractivity (Wildman–Crippen MR) is 70.1 cm³/mol. The topological polar surface area (TPSA) is 83.8 Å². The lowest BCUT2D eigenvalue weighted by Crippen LogP contribution is -2.14. The van der Waals surface area contributed by atoms with Gasteiger partial charge in [0.25, 0.3) is 5.91 Å². The Labute approximate surface area is 119 Å². The molecular formula is C11H8BrF3N4O. The van der Waals surface area contributed by atoms with Crippen molar-refractivity contribution in [1.82, 2.24) is 10.2 Å². The second-order valence-corrected chi connectivity index (χ2v) is 4.71. The number of H-pyrrole nitrogens is 1. The van der Waals surface area contributed by atoms with Crippen LogP contribution in [0.25, 0.3) is 0 Å². The quantitative estimate of drug-likeness (QED) is 0.779. The molecule has 0 unspecified atom stereocenters. The Hall–Kier alpha value is -2.03. The van der Waals surface area contributed by atoms with Crippen LogP contribution in [-0.2, 0) is 6.18 Å². The van der Waals surface area contributed by atoms with Crippen LogP contribution in [0.3, 0.4) is 0 Å². The molecule has 9 heteroatoms. The van der Waals surface area contributed by atoms with Crippen LogP contribution < -0.4 is 11.1 Å². The van der Waals surface area contributed by atoms with Crippen molar-refractivity contribution in [1.29, 1.82) is 0 Å². The summed E-state index contributed by atoms with van der Waals surface area (Å²) >= 11 is 3.07. The first-order valence-corrected chi connectivity index (χ1v) is 6.05. The number of aromatic nitrogens is 2. The maximum absolute atomic E-state index is 12.6. The summed E-state index contributed by atoms with van der Waals surface area (Å²) < 4.78 is 38.1. The molecule has 0 bridgehead atoms. The predicted octanol–water partition coefficient (Wildman–Crippen LogP) is 3.03. The van der Waals surface area contributed by atoms with Gasteiger partial charge in [-0.3, -0.25) is 9.89 Å². The molecule has 106 valence electrons. The fraction of sp³-hybridized carbons (Fsp3) is 0.0909. The fourth-order valence-electron chi connectivity index (χ4n) is 1.44. The Morgan fingerprint density at radius 1 is 1.35 bits per heavy atom. The van der Waals surface area contributed by atoms with Crippen molar-refractivity contribution in [2.24, 2.45) is 0 Å². The van der Waals surface area contributed by atoms with Gasteiger partial charge in [0.2, 0.25) is 0 Å². The number of aromatic amines is 1. The number of anilines is 2. The Morgan fingerprint density at radius 2 is 2.05 bits per heavy atom. The molecule has 1 aromatic carbocycles. The van der Waals surface area contributed by atoms with E-state index in [2.05, 4.69) is 31.4 Å². The minimum atomic E-state index is -4.49. The van der Waals surface area contributed by atoms with Crippen LogP contribution in [0.1, 0.15) is 16.1 Å². The number of hydrogen-bond donors (Lipinski definition) is 3. The Bertz CT molecular complexity index is 653. The van der Waals surface area contributed by atoms with E-state index in [0.29, 0.717) is 4.47 Å². The van der Waals surface area contributed by atoms with Gasteiger partial charge in [0.05, 0.1) is 11.3 Å². The lowest BCUT2D eigenvalue weighted by atomic mass is 10.2. The van der Waals surface area contributed by atoms with Crippen molar-refractivity contribution >= 4 is 33.3 Å². The molecule has 0 aliphatic carbocycles. The fourth-order valence-corrected chi connectivity index (χ4v) is 1.79. The van der Waals surface area contributed by atoms with Gasteiger partial charge in [-0.2, -0.15) is 18.3 Å². The molecule has 0 saturated carbocycles. The molecule has 0 atom stereocenters. The molecule has 0 fully saturated rings. The molecular weight excluding hydrogens is 341 g/mol. The van der Waals surface area contributed by atoms with Crippen molar-refractivity contribution in [3.63, 3.8) is 0 Å². The molecule has 1 heterocycles. The lowest BCUT2D eigenvalue weighted by Gasteiger charge is -2.11. The third-order valence-electron chi connectivity index (χ3n) is 2.38. The van der Waals surface area contributed by atoms with E-state index in [1.165, 1.54) is 12.1 Å². The SMILES string of the molecule is Nc1cc(C(=O)Nc2cc(C(F)(F)F)ccc2Br)[nH]n1. The third-order valence-corrected chi connectivity index (χ3v) is 3.08. The summed E-state index contributed by atoms with van der Waals surface area (Å²) in [5.74, 6) is -0.535. The van der Waals surface area contributed by atoms with Gasteiger partial charge in [-0.05, 0) is 34.1 Å². The third kappa shape index (κ3) is 3.10. The Kier molecular flexibility index (Phi) is 3.71. The second-order valence-electron chi connectivity index (χ2n) is 3.85. The zero-order valence-corrected chi connectivity index (χ0v) is 11.3. The van der Waals surface area contributed by atoms with E-state index < -0.39 is 17.6 Å². The first-order chi connectivity index (χ1) is 9.27. The minimum absolute atomic E-state index is 0.00186. The average molecular weight is 349 g/mol. The van der Waals surface area contributed by atoms with Gasteiger partial charge in [0.1, 0.15) is 11.5 Å². The number of nitrogens with zero attached hydrogens (tertiary/aromatic N) is 1. The number of hydrogen-bond acceptors (Lipinski definition) is 3. The first kappa shape index (κ1) is 14.4. The number of alkyl halides is 3. The van der Waals surface area contributed by atoms with E-state index in [1.807, 2.05) is 0 Å². The summed E-state index contributed by atoms with van der Waals surface area (Å²) in [6.07, 6.45) is -4.49. The van der Waals surface area contributed by atoms with E-state index >= 15 is 0 Å². The Morgan fingerprint density at radius 3 is 2.60 bits per heavy atom. The molecule has 1 amide bonds. The van der Waals surface area contributed by atoms with Gasteiger partial charge in [0, 0.05) is 10.5 Å². The summed E-state index contributed by atoms with van der Waals surface area (Å²) in [4.78, 5) is 11.8. The molecule has 2 rings (SSSR count). The van der Waals surface area contributed by atoms with Gasteiger partial charge in [-0.1, -0.05) is 0 Å². The van der Waals surface area contributed by atoms with E-state index in [-0.39, 0.29) is 17.2 Å². The van der Waals surface area contributed by atoms with Crippen molar-refractivity contribution in [2.45, 2.75) is 6.18 Å². The molecule has 0 aliphatic heterocycles. The Balaban J connectivity index is 2.27. The van der Waals surface area contributed by atoms with Crippen LogP contribution in [0.15, 0.2) is 28.7 Å². The van der Waals surface area contributed by atoms with E-state index in [9.17, 15) is 18.0 Å². The van der Waals surface area contributed by atoms with Gasteiger partial charge in [-0.15, -0.1) is 0 Å². The van der Waals surface area contributed by atoms with Crippen LogP contribution in [0.4, 0.5) is 24.7 Å². The van der Waals surface area contributed by atoms with E-state index in [1.54, 1.807) is 0 Å². The summed E-state index contributed by atoms with van der Waals surface area (Å²) in [7, 11) is 0. The highest BCUT2D eigenvalue weighted by Gasteiger charge is 2.31. The molecule has 0 saturated heterocycles. The van der Waals surface area contributed by atoms with Crippen LogP contribution in [0.2, 0.25) is 0 Å². The van der Waals surface area contributed by atoms with Crippen molar-refractivity contribution in [3.8, 4) is 0 Å². The summed E-state index contributed by atoms with van der Waals surface area (Å²) in [5.41, 5.74) is 4.53. The maximum atomic E-state index is 12.6. The lowest BCUT2D eigenvalue weighted by molar-refractivity contribution is -0.137. The smallest absolute Gasteiger partial charge is 0.382 e. The summed E-state index contributed by atoms with van der Waals surface area (Å²) in [5, 5.41) is 8.26. The molecule has 1 aromatic heterocycles. The number of nitrogens with two attached hydrogens (primary N) is 1. The first-order valence-electron chi connectivity index (χ1n) is 5.26. The molecule has 20 heavy (non-hydrogen) atoms. The summed E-state index contributed by atoms with van der Waals surface area (Å²) in [6.45, 7) is 0.